The Balaban J connectivity index is 2.37. The number of hydrogen-bond acceptors (Lipinski definition) is 2. The van der Waals surface area contributed by atoms with Crippen LogP contribution in [-0.2, 0) is 6.18 Å². The number of benzene rings is 2. The van der Waals surface area contributed by atoms with E-state index < -0.39 is 11.7 Å². The molecular weight excluding hydrogens is 279 g/mol. The molecule has 2 N–H and O–H groups in total. The molecule has 0 aliphatic rings. The molecule has 2 rings (SSSR count). The van der Waals surface area contributed by atoms with Gasteiger partial charge in [-0.3, -0.25) is 0 Å². The van der Waals surface area contributed by atoms with Crippen molar-refractivity contribution < 1.29 is 18.3 Å². The zero-order chi connectivity index (χ0) is 15.3. The molecule has 112 valence electrons. The van der Waals surface area contributed by atoms with Gasteiger partial charge >= 0.3 is 6.18 Å². The van der Waals surface area contributed by atoms with Crippen molar-refractivity contribution >= 4 is 0 Å². The van der Waals surface area contributed by atoms with Crippen LogP contribution in [0.2, 0.25) is 0 Å². The minimum Gasteiger partial charge on any atom is -0.395 e. The lowest BCUT2D eigenvalue weighted by molar-refractivity contribution is -0.137. The van der Waals surface area contributed by atoms with Crippen LogP contribution in [0, 0.1) is 0 Å². The summed E-state index contributed by atoms with van der Waals surface area (Å²) in [6, 6.07) is 14.0. The lowest BCUT2D eigenvalue weighted by Gasteiger charge is -2.20. The summed E-state index contributed by atoms with van der Waals surface area (Å²) in [5.41, 5.74) is 0.696. The van der Waals surface area contributed by atoms with E-state index in [0.717, 1.165) is 17.7 Å². The molecule has 1 unspecified atom stereocenters. The van der Waals surface area contributed by atoms with Crippen molar-refractivity contribution in [3.63, 3.8) is 0 Å². The first-order valence-corrected chi connectivity index (χ1v) is 6.58. The van der Waals surface area contributed by atoms with Gasteiger partial charge in [-0.05, 0) is 23.3 Å². The number of aliphatic hydroxyl groups is 1. The highest BCUT2D eigenvalue weighted by Crippen LogP contribution is 2.32. The number of rotatable bonds is 5. The molecule has 0 saturated carbocycles. The van der Waals surface area contributed by atoms with Gasteiger partial charge in [0.25, 0.3) is 0 Å². The lowest BCUT2D eigenvalue weighted by Crippen LogP contribution is -2.25. The number of aliphatic hydroxyl groups excluding tert-OH is 1. The zero-order valence-corrected chi connectivity index (χ0v) is 11.3. The predicted molar refractivity (Wildman–Crippen MR) is 74.8 cm³/mol. The normalized spacial score (nSPS) is 13.1. The number of nitrogens with one attached hydrogen (secondary N) is 1. The molecule has 5 heteroatoms. The molecule has 1 atom stereocenters. The van der Waals surface area contributed by atoms with Gasteiger partial charge in [0.15, 0.2) is 0 Å². The molecule has 0 aliphatic heterocycles. The molecule has 0 radical (unpaired) electrons. The second-order valence-corrected chi connectivity index (χ2v) is 4.64. The molecular formula is C16H16F3NO. The van der Waals surface area contributed by atoms with E-state index in [-0.39, 0.29) is 12.6 Å². The first kappa shape index (κ1) is 15.5. The van der Waals surface area contributed by atoms with E-state index >= 15 is 0 Å². The summed E-state index contributed by atoms with van der Waals surface area (Å²) in [5.74, 6) is 0. The second-order valence-electron chi connectivity index (χ2n) is 4.64. The fraction of sp³-hybridized carbons (Fsp3) is 0.250. The standard InChI is InChI=1S/C16H16F3NO/c17-16(18,19)14-8-4-7-13(11-14)15(20-9-10-21)12-5-2-1-3-6-12/h1-8,11,15,20-21H,9-10H2. The fourth-order valence-corrected chi connectivity index (χ4v) is 2.18. The molecule has 0 saturated heterocycles. The van der Waals surface area contributed by atoms with E-state index in [2.05, 4.69) is 5.32 Å². The maximum Gasteiger partial charge on any atom is 0.416 e. The highest BCUT2D eigenvalue weighted by Gasteiger charge is 2.31. The number of alkyl halides is 3. The van der Waals surface area contributed by atoms with Crippen molar-refractivity contribution in [3.8, 4) is 0 Å². The van der Waals surface area contributed by atoms with Gasteiger partial charge in [0.1, 0.15) is 0 Å². The van der Waals surface area contributed by atoms with Crippen LogP contribution in [0.15, 0.2) is 54.6 Å². The van der Waals surface area contributed by atoms with Crippen molar-refractivity contribution in [2.24, 2.45) is 0 Å². The molecule has 0 fully saturated rings. The minimum absolute atomic E-state index is 0.0811. The van der Waals surface area contributed by atoms with Gasteiger partial charge in [-0.25, -0.2) is 0 Å². The highest BCUT2D eigenvalue weighted by molar-refractivity contribution is 5.35. The summed E-state index contributed by atoms with van der Waals surface area (Å²) < 4.78 is 38.5. The SMILES string of the molecule is OCCNC(c1ccccc1)c1cccc(C(F)(F)F)c1. The van der Waals surface area contributed by atoms with Crippen molar-refractivity contribution in [1.82, 2.24) is 5.32 Å². The number of hydrogen-bond donors (Lipinski definition) is 2. The van der Waals surface area contributed by atoms with Crippen LogP contribution < -0.4 is 5.32 Å². The maximum atomic E-state index is 12.8. The van der Waals surface area contributed by atoms with E-state index in [4.69, 9.17) is 5.11 Å². The Labute approximate surface area is 121 Å². The van der Waals surface area contributed by atoms with Gasteiger partial charge < -0.3 is 10.4 Å². The largest absolute Gasteiger partial charge is 0.416 e. The molecule has 21 heavy (non-hydrogen) atoms. The van der Waals surface area contributed by atoms with Gasteiger partial charge in [0.05, 0.1) is 18.2 Å². The van der Waals surface area contributed by atoms with Gasteiger partial charge in [0, 0.05) is 6.54 Å². The number of halogens is 3. The smallest absolute Gasteiger partial charge is 0.395 e. The van der Waals surface area contributed by atoms with E-state index in [0.29, 0.717) is 12.1 Å². The molecule has 2 aromatic rings. The van der Waals surface area contributed by atoms with E-state index in [1.807, 2.05) is 30.3 Å². The van der Waals surface area contributed by atoms with Crippen molar-refractivity contribution in [2.75, 3.05) is 13.2 Å². The van der Waals surface area contributed by atoms with E-state index in [1.54, 1.807) is 6.07 Å². The average Bonchev–Trinajstić information content (AvgIpc) is 2.48. The third kappa shape index (κ3) is 4.06. The Bertz CT molecular complexity index is 569. The topological polar surface area (TPSA) is 32.3 Å². The van der Waals surface area contributed by atoms with Gasteiger partial charge in [-0.15, -0.1) is 0 Å². The maximum absolute atomic E-state index is 12.8. The van der Waals surface area contributed by atoms with Crippen molar-refractivity contribution in [3.05, 3.63) is 71.3 Å². The monoisotopic (exact) mass is 295 g/mol. The Morgan fingerprint density at radius 3 is 2.24 bits per heavy atom. The first-order valence-electron chi connectivity index (χ1n) is 6.58. The van der Waals surface area contributed by atoms with Gasteiger partial charge in [-0.2, -0.15) is 13.2 Å². The Hall–Kier alpha value is -1.85. The molecule has 0 heterocycles. The van der Waals surface area contributed by atoms with Crippen LogP contribution in [0.4, 0.5) is 13.2 Å². The summed E-state index contributed by atoms with van der Waals surface area (Å²) in [6.45, 7) is 0.220. The summed E-state index contributed by atoms with van der Waals surface area (Å²) in [4.78, 5) is 0. The fourth-order valence-electron chi connectivity index (χ4n) is 2.18. The first-order chi connectivity index (χ1) is 10.0. The van der Waals surface area contributed by atoms with Crippen LogP contribution in [-0.4, -0.2) is 18.3 Å². The summed E-state index contributed by atoms with van der Waals surface area (Å²) >= 11 is 0. The third-order valence-corrected chi connectivity index (χ3v) is 3.14. The van der Waals surface area contributed by atoms with Crippen LogP contribution in [0.3, 0.4) is 0 Å². The predicted octanol–water partition coefficient (Wildman–Crippen LogP) is 3.38. The zero-order valence-electron chi connectivity index (χ0n) is 11.3. The highest BCUT2D eigenvalue weighted by atomic mass is 19.4. The van der Waals surface area contributed by atoms with Crippen molar-refractivity contribution in [2.45, 2.75) is 12.2 Å². The molecule has 0 spiro atoms. The quantitative estimate of drug-likeness (QED) is 0.886. The molecule has 0 aromatic heterocycles. The second kappa shape index (κ2) is 6.74. The van der Waals surface area contributed by atoms with E-state index in [9.17, 15) is 13.2 Å². The molecule has 0 bridgehead atoms. The Kier molecular flexibility index (Phi) is 4.98. The Morgan fingerprint density at radius 1 is 0.952 bits per heavy atom. The summed E-state index contributed by atoms with van der Waals surface area (Å²) in [7, 11) is 0. The third-order valence-electron chi connectivity index (χ3n) is 3.14. The van der Waals surface area contributed by atoms with Crippen LogP contribution in [0.1, 0.15) is 22.7 Å². The summed E-state index contributed by atoms with van der Waals surface area (Å²) in [6.07, 6.45) is -4.37. The Morgan fingerprint density at radius 2 is 1.62 bits per heavy atom. The van der Waals surface area contributed by atoms with Crippen LogP contribution in [0.5, 0.6) is 0 Å². The van der Waals surface area contributed by atoms with Gasteiger partial charge in [0.2, 0.25) is 0 Å². The minimum atomic E-state index is -4.37. The molecule has 2 aromatic carbocycles. The summed E-state index contributed by atoms with van der Waals surface area (Å²) in [5, 5.41) is 12.0. The molecule has 2 nitrogen and oxygen atoms in total. The van der Waals surface area contributed by atoms with Crippen molar-refractivity contribution in [1.29, 1.82) is 0 Å². The van der Waals surface area contributed by atoms with Crippen LogP contribution in [0.25, 0.3) is 0 Å². The van der Waals surface area contributed by atoms with Gasteiger partial charge in [-0.1, -0.05) is 42.5 Å². The average molecular weight is 295 g/mol. The molecule has 0 aliphatic carbocycles. The van der Waals surface area contributed by atoms with Crippen LogP contribution >= 0.6 is 0 Å². The van der Waals surface area contributed by atoms with E-state index in [1.165, 1.54) is 6.07 Å². The lowest BCUT2D eigenvalue weighted by atomic mass is 9.97. The molecule has 0 amide bonds.